The fourth-order valence-corrected chi connectivity index (χ4v) is 9.12. The van der Waals surface area contributed by atoms with Gasteiger partial charge in [-0.3, -0.25) is 24.0 Å². The van der Waals surface area contributed by atoms with E-state index in [0.29, 0.717) is 20.3 Å². The van der Waals surface area contributed by atoms with Gasteiger partial charge < -0.3 is 29.4 Å². The van der Waals surface area contributed by atoms with Crippen LogP contribution < -0.4 is 5.73 Å². The Hall–Kier alpha value is -3.83. The molecule has 16 heteroatoms. The Morgan fingerprint density at radius 2 is 1.48 bits per heavy atom. The lowest BCUT2D eigenvalue weighted by Gasteiger charge is -2.44. The number of esters is 4. The average molecular weight is 778 g/mol. The topological polar surface area (TPSA) is 170 Å². The maximum atomic E-state index is 13.8. The van der Waals surface area contributed by atoms with Crippen molar-refractivity contribution in [1.82, 2.24) is 4.98 Å². The van der Waals surface area contributed by atoms with Crippen molar-refractivity contribution in [3.63, 3.8) is 0 Å². The fraction of sp³-hybridized carbons (Fsp3) is 0.312. The summed E-state index contributed by atoms with van der Waals surface area (Å²) in [7, 11) is 0. The highest BCUT2D eigenvalue weighted by Gasteiger charge is 2.53. The molecule has 0 bridgehead atoms. The van der Waals surface area contributed by atoms with Crippen molar-refractivity contribution in [2.45, 2.75) is 61.8 Å². The van der Waals surface area contributed by atoms with Gasteiger partial charge in [0.2, 0.25) is 5.78 Å². The van der Waals surface area contributed by atoms with E-state index in [1.165, 1.54) is 25.2 Å². The van der Waals surface area contributed by atoms with Gasteiger partial charge in [0.1, 0.15) is 23.2 Å². The smallest absolute Gasteiger partial charge is 0.303 e. The third-order valence-corrected chi connectivity index (χ3v) is 11.1. The molecule has 2 aromatic heterocycles. The van der Waals surface area contributed by atoms with Crippen molar-refractivity contribution in [3.8, 4) is 10.6 Å². The minimum absolute atomic E-state index is 0.195. The maximum absolute atomic E-state index is 13.8. The number of halogens is 1. The number of nitrogen functional groups attached to an aromatic ring is 1. The molecule has 3 heterocycles. The second-order valence-corrected chi connectivity index (χ2v) is 14.8. The lowest BCUT2D eigenvalue weighted by Crippen LogP contribution is -2.61. The van der Waals surface area contributed by atoms with Gasteiger partial charge in [0.15, 0.2) is 18.3 Å². The molecule has 0 aliphatic carbocycles. The van der Waals surface area contributed by atoms with E-state index >= 15 is 0 Å². The third kappa shape index (κ3) is 8.06. The minimum Gasteiger partial charge on any atom is -0.463 e. The van der Waals surface area contributed by atoms with Crippen LogP contribution in [-0.2, 0) is 42.9 Å². The number of aromatic nitrogens is 1. The van der Waals surface area contributed by atoms with E-state index in [4.69, 9.17) is 34.4 Å². The number of carbonyl (C=O) groups is 5. The SMILES string of the molecule is CC(=O)OC[C@H]1O[C@@H](Sc2sc(C(=O)c3ccc(Br)cc3)c(N)c2-c2nc3ccccc3s2)[C@H](OC(C)=O)[C@@H](OC(C)=O)[C@H]1OC(C)=O. The summed E-state index contributed by atoms with van der Waals surface area (Å²) in [5, 5.41) is 0.535. The zero-order chi connectivity index (χ0) is 34.7. The van der Waals surface area contributed by atoms with E-state index in [-0.39, 0.29) is 23.0 Å². The normalized spacial score (nSPS) is 20.6. The Labute approximate surface area is 295 Å². The summed E-state index contributed by atoms with van der Waals surface area (Å²) in [5.74, 6) is -3.16. The zero-order valence-electron chi connectivity index (χ0n) is 25.9. The number of anilines is 1. The monoisotopic (exact) mass is 776 g/mol. The Morgan fingerprint density at radius 3 is 2.10 bits per heavy atom. The van der Waals surface area contributed by atoms with Crippen LogP contribution in [0.4, 0.5) is 5.69 Å². The van der Waals surface area contributed by atoms with E-state index in [9.17, 15) is 24.0 Å². The van der Waals surface area contributed by atoms with Gasteiger partial charge in [0.25, 0.3) is 0 Å². The number of nitrogens with zero attached hydrogens (tertiary/aromatic N) is 1. The van der Waals surface area contributed by atoms with Gasteiger partial charge in [-0.2, -0.15) is 0 Å². The molecule has 4 aromatic rings. The first-order valence-electron chi connectivity index (χ1n) is 14.4. The lowest BCUT2D eigenvalue weighted by molar-refractivity contribution is -0.237. The number of para-hydroxylation sites is 1. The molecular formula is C32H29BrN2O10S3. The van der Waals surface area contributed by atoms with Crippen molar-refractivity contribution >= 4 is 95.9 Å². The molecule has 1 aliphatic rings. The Kier molecular flexibility index (Phi) is 11.2. The van der Waals surface area contributed by atoms with Gasteiger partial charge in [0.05, 0.1) is 30.6 Å². The van der Waals surface area contributed by atoms with Gasteiger partial charge in [-0.25, -0.2) is 4.98 Å². The first-order chi connectivity index (χ1) is 22.8. The third-order valence-electron chi connectivity index (χ3n) is 6.90. The number of ketones is 1. The van der Waals surface area contributed by atoms with Gasteiger partial charge in [0, 0.05) is 37.7 Å². The molecule has 2 N–H and O–H groups in total. The van der Waals surface area contributed by atoms with Crippen LogP contribution in [0.5, 0.6) is 0 Å². The molecule has 1 aliphatic heterocycles. The van der Waals surface area contributed by atoms with Crippen molar-refractivity contribution in [1.29, 1.82) is 0 Å². The summed E-state index contributed by atoms with van der Waals surface area (Å²) < 4.78 is 30.5. The van der Waals surface area contributed by atoms with Gasteiger partial charge in [-0.15, -0.1) is 22.7 Å². The predicted molar refractivity (Wildman–Crippen MR) is 183 cm³/mol. The molecule has 48 heavy (non-hydrogen) atoms. The van der Waals surface area contributed by atoms with Crippen LogP contribution in [0.25, 0.3) is 20.8 Å². The second kappa shape index (κ2) is 15.2. The van der Waals surface area contributed by atoms with E-state index < -0.39 is 53.7 Å². The number of fused-ring (bicyclic) bond motifs is 1. The Bertz CT molecular complexity index is 1840. The summed E-state index contributed by atoms with van der Waals surface area (Å²) in [6.07, 6.45) is -5.11. The summed E-state index contributed by atoms with van der Waals surface area (Å²) in [6, 6.07) is 14.4. The molecule has 1 saturated heterocycles. The van der Waals surface area contributed by atoms with Crippen LogP contribution in [0.2, 0.25) is 0 Å². The minimum atomic E-state index is -1.35. The van der Waals surface area contributed by atoms with E-state index in [1.807, 2.05) is 24.3 Å². The molecule has 0 saturated carbocycles. The molecule has 0 unspecified atom stereocenters. The van der Waals surface area contributed by atoms with Gasteiger partial charge in [-0.1, -0.05) is 39.8 Å². The summed E-state index contributed by atoms with van der Waals surface area (Å²) in [5.41, 5.74) is 7.42. The molecule has 2 aromatic carbocycles. The molecule has 1 fully saturated rings. The molecular weight excluding hydrogens is 748 g/mol. The Morgan fingerprint density at radius 1 is 0.854 bits per heavy atom. The van der Waals surface area contributed by atoms with Crippen LogP contribution in [0.3, 0.4) is 0 Å². The standard InChI is InChI=1S/C32H29BrN2O10S3/c1-14(36)41-13-21-26(42-15(2)37)27(43-16(3)38)28(44-17(4)39)31(45-21)48-32-23(30-35-20-7-5-6-8-22(20)46-30)24(34)29(47-32)25(40)18-9-11-19(33)12-10-18/h5-12,21,26-28,31H,13,34H2,1-4H3/t21-,26+,27+,28-,31+/m1/s1. The van der Waals surface area contributed by atoms with Crippen LogP contribution in [0.1, 0.15) is 42.9 Å². The highest BCUT2D eigenvalue weighted by Crippen LogP contribution is 2.50. The number of ether oxygens (including phenoxy) is 5. The van der Waals surface area contributed by atoms with Crippen LogP contribution in [0, 0.1) is 0 Å². The molecule has 0 amide bonds. The maximum Gasteiger partial charge on any atom is 0.303 e. The zero-order valence-corrected chi connectivity index (χ0v) is 30.0. The van der Waals surface area contributed by atoms with E-state index in [2.05, 4.69) is 15.9 Å². The number of hydrogen-bond donors (Lipinski definition) is 1. The molecule has 0 radical (unpaired) electrons. The molecule has 12 nitrogen and oxygen atoms in total. The van der Waals surface area contributed by atoms with Crippen LogP contribution >= 0.6 is 50.4 Å². The van der Waals surface area contributed by atoms with Crippen LogP contribution in [0.15, 0.2) is 57.2 Å². The first-order valence-corrected chi connectivity index (χ1v) is 17.7. The number of thiophene rings is 1. The number of rotatable bonds is 10. The van der Waals surface area contributed by atoms with E-state index in [0.717, 1.165) is 51.6 Å². The summed E-state index contributed by atoms with van der Waals surface area (Å²) in [4.78, 5) is 67.5. The second-order valence-electron chi connectivity index (χ2n) is 10.5. The molecule has 252 valence electrons. The van der Waals surface area contributed by atoms with Gasteiger partial charge >= 0.3 is 23.9 Å². The van der Waals surface area contributed by atoms with Crippen molar-refractivity contribution in [2.75, 3.05) is 12.3 Å². The number of hydrogen-bond acceptors (Lipinski definition) is 15. The fourth-order valence-electron chi connectivity index (χ4n) is 4.98. The van der Waals surface area contributed by atoms with Crippen molar-refractivity contribution in [2.24, 2.45) is 0 Å². The van der Waals surface area contributed by atoms with E-state index in [1.54, 1.807) is 24.3 Å². The molecule has 5 rings (SSSR count). The molecule has 0 spiro atoms. The number of thiazole rings is 1. The first kappa shape index (κ1) is 35.5. The highest BCUT2D eigenvalue weighted by atomic mass is 79.9. The quantitative estimate of drug-likeness (QED) is 0.117. The largest absolute Gasteiger partial charge is 0.463 e. The predicted octanol–water partition coefficient (Wildman–Crippen LogP) is 5.78. The summed E-state index contributed by atoms with van der Waals surface area (Å²) >= 11 is 6.93. The van der Waals surface area contributed by atoms with Gasteiger partial charge in [-0.05, 0) is 36.4 Å². The average Bonchev–Trinajstić information content (AvgIpc) is 3.58. The number of carbonyl (C=O) groups excluding carboxylic acids is 5. The highest BCUT2D eigenvalue weighted by molar-refractivity contribution is 9.10. The Balaban J connectivity index is 1.64. The van der Waals surface area contributed by atoms with Crippen LogP contribution in [-0.4, -0.2) is 71.1 Å². The van der Waals surface area contributed by atoms with Crippen molar-refractivity contribution in [3.05, 3.63) is 63.4 Å². The number of thioether (sulfide) groups is 1. The summed E-state index contributed by atoms with van der Waals surface area (Å²) in [6.45, 7) is 4.30. The number of benzene rings is 2. The lowest BCUT2D eigenvalue weighted by atomic mass is 9.99. The van der Waals surface area contributed by atoms with Crippen molar-refractivity contribution < 1.29 is 47.7 Å². The number of nitrogens with two attached hydrogens (primary N) is 1. The molecule has 5 atom stereocenters.